The first-order chi connectivity index (χ1) is 7.35. The Balaban J connectivity index is 3.07. The zero-order valence-electron chi connectivity index (χ0n) is 10.3. The van der Waals surface area contributed by atoms with E-state index in [2.05, 4.69) is 6.58 Å². The van der Waals surface area contributed by atoms with Crippen LogP contribution in [0.25, 0.3) is 0 Å². The molecule has 2 nitrogen and oxygen atoms in total. The normalized spacial score (nSPS) is 10.9. The Bertz CT molecular complexity index is 130. The Morgan fingerprint density at radius 2 is 1.47 bits per heavy atom. The average Bonchev–Trinajstić information content (AvgIpc) is 2.27. The highest BCUT2D eigenvalue weighted by atomic mass is 16.7. The number of rotatable bonds is 11. The summed E-state index contributed by atoms with van der Waals surface area (Å²) in [6, 6.07) is 0. The summed E-state index contributed by atoms with van der Waals surface area (Å²) in [6.45, 7) is 3.72. The van der Waals surface area contributed by atoms with Crippen molar-refractivity contribution in [1.29, 1.82) is 0 Å². The summed E-state index contributed by atoms with van der Waals surface area (Å²) in [5.74, 6) is 0. The molecule has 15 heavy (non-hydrogen) atoms. The van der Waals surface area contributed by atoms with Gasteiger partial charge in [0.15, 0.2) is 6.29 Å². The van der Waals surface area contributed by atoms with Gasteiger partial charge in [-0.2, -0.15) is 0 Å². The van der Waals surface area contributed by atoms with Gasteiger partial charge in [-0.3, -0.25) is 0 Å². The minimum Gasteiger partial charge on any atom is -0.356 e. The number of methoxy groups -OCH3 is 2. The summed E-state index contributed by atoms with van der Waals surface area (Å²) in [5, 5.41) is 0. The number of allylic oxidation sites excluding steroid dienone is 1. The van der Waals surface area contributed by atoms with Crippen LogP contribution in [0.5, 0.6) is 0 Å². The van der Waals surface area contributed by atoms with Crippen molar-refractivity contribution in [2.45, 2.75) is 57.7 Å². The second kappa shape index (κ2) is 11.7. The molecule has 0 saturated carbocycles. The van der Waals surface area contributed by atoms with E-state index in [1.165, 1.54) is 38.5 Å². The predicted octanol–water partition coefficient (Wildman–Crippen LogP) is 3.91. The minimum absolute atomic E-state index is 0.00855. The van der Waals surface area contributed by atoms with Crippen LogP contribution >= 0.6 is 0 Å². The van der Waals surface area contributed by atoms with Crippen molar-refractivity contribution < 1.29 is 9.47 Å². The van der Waals surface area contributed by atoms with Gasteiger partial charge in [0, 0.05) is 14.2 Å². The largest absolute Gasteiger partial charge is 0.356 e. The number of ether oxygens (including phenoxy) is 2. The van der Waals surface area contributed by atoms with Crippen LogP contribution in [-0.2, 0) is 9.47 Å². The molecule has 0 rings (SSSR count). The summed E-state index contributed by atoms with van der Waals surface area (Å²) >= 11 is 0. The van der Waals surface area contributed by atoms with E-state index in [9.17, 15) is 0 Å². The molecule has 0 amide bonds. The molecule has 0 aliphatic heterocycles. The lowest BCUT2D eigenvalue weighted by Crippen LogP contribution is -2.12. The summed E-state index contributed by atoms with van der Waals surface area (Å²) in [4.78, 5) is 0. The van der Waals surface area contributed by atoms with Crippen molar-refractivity contribution in [3.05, 3.63) is 12.7 Å². The lowest BCUT2D eigenvalue weighted by atomic mass is 10.1. The van der Waals surface area contributed by atoms with E-state index in [-0.39, 0.29) is 6.29 Å². The van der Waals surface area contributed by atoms with Crippen LogP contribution in [-0.4, -0.2) is 20.5 Å². The maximum atomic E-state index is 5.13. The quantitative estimate of drug-likeness (QED) is 0.295. The molecule has 0 N–H and O–H groups in total. The SMILES string of the molecule is C=CCCCCCCCCC(OC)OC. The molecule has 0 aromatic carbocycles. The molecule has 0 aliphatic rings. The summed E-state index contributed by atoms with van der Waals surface area (Å²) < 4.78 is 10.3. The van der Waals surface area contributed by atoms with Crippen molar-refractivity contribution in [1.82, 2.24) is 0 Å². The highest BCUT2D eigenvalue weighted by molar-refractivity contribution is 4.65. The van der Waals surface area contributed by atoms with Crippen molar-refractivity contribution in [3.63, 3.8) is 0 Å². The van der Waals surface area contributed by atoms with E-state index < -0.39 is 0 Å². The Hall–Kier alpha value is -0.340. The van der Waals surface area contributed by atoms with Gasteiger partial charge in [-0.05, 0) is 25.7 Å². The summed E-state index contributed by atoms with van der Waals surface area (Å²) in [5.41, 5.74) is 0. The van der Waals surface area contributed by atoms with Crippen LogP contribution in [0.15, 0.2) is 12.7 Å². The van der Waals surface area contributed by atoms with Gasteiger partial charge in [0.1, 0.15) is 0 Å². The number of unbranched alkanes of at least 4 members (excludes halogenated alkanes) is 6. The Kier molecular flexibility index (Phi) is 11.5. The van der Waals surface area contributed by atoms with Crippen molar-refractivity contribution in [2.24, 2.45) is 0 Å². The van der Waals surface area contributed by atoms with Gasteiger partial charge < -0.3 is 9.47 Å². The van der Waals surface area contributed by atoms with E-state index in [0.717, 1.165) is 12.8 Å². The zero-order valence-corrected chi connectivity index (χ0v) is 10.3. The Morgan fingerprint density at radius 1 is 0.933 bits per heavy atom. The summed E-state index contributed by atoms with van der Waals surface area (Å²) in [6.07, 6.45) is 12.0. The molecule has 0 heterocycles. The van der Waals surface area contributed by atoms with Crippen LogP contribution < -0.4 is 0 Å². The van der Waals surface area contributed by atoms with E-state index in [0.29, 0.717) is 0 Å². The molecular formula is C13H26O2. The Labute approximate surface area is 94.7 Å². The van der Waals surface area contributed by atoms with E-state index in [1.807, 2.05) is 6.08 Å². The first-order valence-electron chi connectivity index (χ1n) is 6.01. The standard InChI is InChI=1S/C13H26O2/c1-4-5-6-7-8-9-10-11-12-13(14-2)15-3/h4,13H,1,5-12H2,2-3H3. The number of hydrogen-bond donors (Lipinski definition) is 0. The molecule has 0 bridgehead atoms. The highest BCUT2D eigenvalue weighted by Gasteiger charge is 2.03. The molecular weight excluding hydrogens is 188 g/mol. The fourth-order valence-corrected chi connectivity index (χ4v) is 1.64. The summed E-state index contributed by atoms with van der Waals surface area (Å²) in [7, 11) is 3.40. The molecule has 0 spiro atoms. The van der Waals surface area contributed by atoms with Crippen LogP contribution in [0.4, 0.5) is 0 Å². The van der Waals surface area contributed by atoms with Crippen molar-refractivity contribution >= 4 is 0 Å². The van der Waals surface area contributed by atoms with Gasteiger partial charge >= 0.3 is 0 Å². The highest BCUT2D eigenvalue weighted by Crippen LogP contribution is 2.11. The lowest BCUT2D eigenvalue weighted by molar-refractivity contribution is -0.107. The van der Waals surface area contributed by atoms with Gasteiger partial charge in [-0.15, -0.1) is 6.58 Å². The van der Waals surface area contributed by atoms with Crippen LogP contribution in [0.2, 0.25) is 0 Å². The van der Waals surface area contributed by atoms with Gasteiger partial charge in [0.2, 0.25) is 0 Å². The molecule has 0 radical (unpaired) electrons. The van der Waals surface area contributed by atoms with Crippen LogP contribution in [0, 0.1) is 0 Å². The lowest BCUT2D eigenvalue weighted by Gasteiger charge is -2.12. The third-order valence-corrected chi connectivity index (χ3v) is 2.62. The zero-order chi connectivity index (χ0) is 11.4. The third kappa shape index (κ3) is 9.95. The number of hydrogen-bond acceptors (Lipinski definition) is 2. The molecule has 0 fully saturated rings. The monoisotopic (exact) mass is 214 g/mol. The second-order valence-electron chi connectivity index (χ2n) is 3.89. The van der Waals surface area contributed by atoms with E-state index >= 15 is 0 Å². The van der Waals surface area contributed by atoms with Gasteiger partial charge in [-0.25, -0.2) is 0 Å². The van der Waals surface area contributed by atoms with Crippen LogP contribution in [0.1, 0.15) is 51.4 Å². The molecule has 0 saturated heterocycles. The van der Waals surface area contributed by atoms with Crippen molar-refractivity contribution in [3.8, 4) is 0 Å². The molecule has 2 heteroatoms. The van der Waals surface area contributed by atoms with E-state index in [4.69, 9.17) is 9.47 Å². The molecule has 0 aromatic heterocycles. The molecule has 0 atom stereocenters. The van der Waals surface area contributed by atoms with Gasteiger partial charge in [-0.1, -0.05) is 31.8 Å². The second-order valence-corrected chi connectivity index (χ2v) is 3.89. The first-order valence-corrected chi connectivity index (χ1v) is 6.01. The smallest absolute Gasteiger partial charge is 0.156 e. The molecule has 0 unspecified atom stereocenters. The predicted molar refractivity (Wildman–Crippen MR) is 64.9 cm³/mol. The van der Waals surface area contributed by atoms with Gasteiger partial charge in [0.25, 0.3) is 0 Å². The van der Waals surface area contributed by atoms with Gasteiger partial charge in [0.05, 0.1) is 0 Å². The maximum absolute atomic E-state index is 5.13. The van der Waals surface area contributed by atoms with Crippen molar-refractivity contribution in [2.75, 3.05) is 14.2 Å². The maximum Gasteiger partial charge on any atom is 0.156 e. The average molecular weight is 214 g/mol. The third-order valence-electron chi connectivity index (χ3n) is 2.62. The van der Waals surface area contributed by atoms with Crippen LogP contribution in [0.3, 0.4) is 0 Å². The minimum atomic E-state index is -0.00855. The fraction of sp³-hybridized carbons (Fsp3) is 0.846. The molecule has 90 valence electrons. The van der Waals surface area contributed by atoms with E-state index in [1.54, 1.807) is 14.2 Å². The topological polar surface area (TPSA) is 18.5 Å². The molecule has 0 aromatic rings. The first kappa shape index (κ1) is 14.7. The Morgan fingerprint density at radius 3 is 2.00 bits per heavy atom. The molecule has 0 aliphatic carbocycles. The fourth-order valence-electron chi connectivity index (χ4n) is 1.64.